The van der Waals surface area contributed by atoms with Crippen LogP contribution >= 0.6 is 0 Å². The van der Waals surface area contributed by atoms with Crippen molar-refractivity contribution in [3.8, 4) is 0 Å². The summed E-state index contributed by atoms with van der Waals surface area (Å²) in [6.45, 7) is 5.09. The Kier molecular flexibility index (Phi) is 13.3. The van der Waals surface area contributed by atoms with E-state index < -0.39 is 6.09 Å². The molecule has 12 heteroatoms. The van der Waals surface area contributed by atoms with Gasteiger partial charge in [-0.3, -0.25) is 4.79 Å². The highest BCUT2D eigenvalue weighted by molar-refractivity contribution is 5.81. The lowest BCUT2D eigenvalue weighted by Gasteiger charge is -2.10. The predicted molar refractivity (Wildman–Crippen MR) is 147 cm³/mol. The first-order chi connectivity index (χ1) is 19.1. The first-order valence-electron chi connectivity index (χ1n) is 13.3. The van der Waals surface area contributed by atoms with Gasteiger partial charge in [-0.15, -0.1) is 0 Å². The summed E-state index contributed by atoms with van der Waals surface area (Å²) in [7, 11) is 0. The van der Waals surface area contributed by atoms with E-state index in [4.69, 9.17) is 25.1 Å². The Morgan fingerprint density at radius 3 is 2.33 bits per heavy atom. The summed E-state index contributed by atoms with van der Waals surface area (Å²) >= 11 is 0. The molecule has 0 aliphatic rings. The number of hydrogen-bond donors (Lipinski definition) is 4. The van der Waals surface area contributed by atoms with Gasteiger partial charge < -0.3 is 44.8 Å². The Labute approximate surface area is 228 Å². The number of unbranched alkanes of at least 4 members (excludes halogenated alkanes) is 1. The highest BCUT2D eigenvalue weighted by Crippen LogP contribution is 2.19. The molecular formula is C27H40N6O6. The lowest BCUT2D eigenvalue weighted by atomic mass is 10.1. The van der Waals surface area contributed by atoms with Crippen molar-refractivity contribution in [1.29, 1.82) is 0 Å². The third kappa shape index (κ3) is 11.1. The van der Waals surface area contributed by atoms with Gasteiger partial charge in [-0.2, -0.15) is 0 Å². The van der Waals surface area contributed by atoms with E-state index in [9.17, 15) is 9.59 Å². The van der Waals surface area contributed by atoms with Crippen molar-refractivity contribution in [3.63, 3.8) is 0 Å². The summed E-state index contributed by atoms with van der Waals surface area (Å²) in [6, 6.07) is 8.39. The molecule has 0 unspecified atom stereocenters. The number of carbonyl (C=O) groups excluding carboxylic acids is 1. The number of carboxylic acid groups (broad SMARTS) is 1. The third-order valence-corrected chi connectivity index (χ3v) is 6.08. The van der Waals surface area contributed by atoms with Crippen LogP contribution in [0.2, 0.25) is 0 Å². The van der Waals surface area contributed by atoms with Gasteiger partial charge in [-0.25, -0.2) is 9.78 Å². The Bertz CT molecular complexity index is 1150. The number of amides is 2. The second kappa shape index (κ2) is 17.2. The van der Waals surface area contributed by atoms with Gasteiger partial charge >= 0.3 is 6.09 Å². The maximum atomic E-state index is 12.1. The second-order valence-electron chi connectivity index (χ2n) is 8.95. The molecule has 2 heterocycles. The molecule has 5 N–H and O–H groups in total. The number of hydrogen-bond acceptors (Lipinski definition) is 7. The van der Waals surface area contributed by atoms with Gasteiger partial charge in [0.15, 0.2) is 0 Å². The zero-order valence-electron chi connectivity index (χ0n) is 22.3. The van der Waals surface area contributed by atoms with E-state index in [-0.39, 0.29) is 12.5 Å². The van der Waals surface area contributed by atoms with Crippen LogP contribution in [0.15, 0.2) is 42.9 Å². The molecule has 3 aromatic rings. The van der Waals surface area contributed by atoms with E-state index in [2.05, 4.69) is 55.2 Å². The van der Waals surface area contributed by atoms with E-state index in [0.29, 0.717) is 65.7 Å². The number of carbonyl (C=O) groups is 2. The summed E-state index contributed by atoms with van der Waals surface area (Å²) < 4.78 is 20.4. The van der Waals surface area contributed by atoms with Crippen molar-refractivity contribution < 1.29 is 28.9 Å². The number of benzene rings is 1. The molecule has 0 saturated carbocycles. The first kappa shape index (κ1) is 30.1. The molecule has 0 atom stereocenters. The fraction of sp³-hybridized carbons (Fsp3) is 0.519. The Hall–Kier alpha value is -3.45. The van der Waals surface area contributed by atoms with Crippen LogP contribution < -0.4 is 16.4 Å². The van der Waals surface area contributed by atoms with E-state index in [1.54, 1.807) is 0 Å². The van der Waals surface area contributed by atoms with Crippen molar-refractivity contribution in [3.05, 3.63) is 54.2 Å². The lowest BCUT2D eigenvalue weighted by Crippen LogP contribution is -2.27. The van der Waals surface area contributed by atoms with Gasteiger partial charge in [0.05, 0.1) is 46.2 Å². The molecule has 0 saturated heterocycles. The molecule has 2 amide bonds. The van der Waals surface area contributed by atoms with Crippen molar-refractivity contribution in [2.75, 3.05) is 52.7 Å². The maximum Gasteiger partial charge on any atom is 0.404 e. The van der Waals surface area contributed by atoms with Gasteiger partial charge in [-0.1, -0.05) is 12.1 Å². The number of aryl methyl sites for hydroxylation is 1. The number of rotatable bonds is 20. The summed E-state index contributed by atoms with van der Waals surface area (Å²) in [5.74, 6) is 1.00. The maximum absolute atomic E-state index is 12.1. The number of ether oxygens (including phenoxy) is 3. The van der Waals surface area contributed by atoms with Crippen LogP contribution in [0.3, 0.4) is 0 Å². The molecule has 12 nitrogen and oxygen atoms in total. The third-order valence-electron chi connectivity index (χ3n) is 6.08. The molecule has 214 valence electrons. The topological polar surface area (TPSA) is 155 Å². The minimum atomic E-state index is -1.07. The SMILES string of the molecule is NCc1ccc2ccn(Cc3nccn3CCCCC(=O)NCCOCCOCCOCCNC(=O)O)c2c1. The molecule has 0 aliphatic carbocycles. The number of nitrogens with zero attached hydrogens (tertiary/aromatic N) is 3. The standard InChI is InChI=1S/C27H40N6O6/c28-20-22-4-5-23-6-11-33(24(23)19-22)21-25-29-7-12-32(25)10-2-1-3-26(34)30-8-13-37-15-17-39-18-16-38-14-9-31-27(35)36/h4-7,11-12,19,31H,1-3,8-10,13-18,20-21,28H2,(H,30,34)(H,35,36). The second-order valence-corrected chi connectivity index (χ2v) is 8.95. The summed E-state index contributed by atoms with van der Waals surface area (Å²) in [4.78, 5) is 26.9. The number of fused-ring (bicyclic) bond motifs is 1. The largest absolute Gasteiger partial charge is 0.465 e. The molecule has 0 spiro atoms. The van der Waals surface area contributed by atoms with Crippen molar-refractivity contribution in [2.45, 2.75) is 38.9 Å². The van der Waals surface area contributed by atoms with Crippen molar-refractivity contribution in [2.24, 2.45) is 5.73 Å². The van der Waals surface area contributed by atoms with Crippen LogP contribution in [-0.4, -0.2) is 84.0 Å². The van der Waals surface area contributed by atoms with Crippen LogP contribution in [0.4, 0.5) is 4.79 Å². The lowest BCUT2D eigenvalue weighted by molar-refractivity contribution is -0.121. The predicted octanol–water partition coefficient (Wildman–Crippen LogP) is 1.95. The molecule has 39 heavy (non-hydrogen) atoms. The van der Waals surface area contributed by atoms with Crippen molar-refractivity contribution in [1.82, 2.24) is 24.8 Å². The monoisotopic (exact) mass is 544 g/mol. The molecule has 2 aromatic heterocycles. The fourth-order valence-electron chi connectivity index (χ4n) is 4.03. The zero-order valence-corrected chi connectivity index (χ0v) is 22.3. The summed E-state index contributed by atoms with van der Waals surface area (Å²) in [5.41, 5.74) is 8.06. The zero-order chi connectivity index (χ0) is 27.7. The number of nitrogens with one attached hydrogen (secondary N) is 2. The van der Waals surface area contributed by atoms with E-state index in [0.717, 1.165) is 36.3 Å². The molecule has 1 aromatic carbocycles. The quantitative estimate of drug-likeness (QED) is 0.157. The van der Waals surface area contributed by atoms with Crippen LogP contribution in [0.25, 0.3) is 10.9 Å². The van der Waals surface area contributed by atoms with Gasteiger partial charge in [0.2, 0.25) is 5.91 Å². The Morgan fingerprint density at radius 2 is 1.62 bits per heavy atom. The van der Waals surface area contributed by atoms with Crippen molar-refractivity contribution >= 4 is 22.9 Å². The minimum Gasteiger partial charge on any atom is -0.465 e. The number of imidazole rings is 1. The van der Waals surface area contributed by atoms with Crippen LogP contribution in [0, 0.1) is 0 Å². The molecule has 0 radical (unpaired) electrons. The van der Waals surface area contributed by atoms with Gasteiger partial charge in [-0.05, 0) is 35.9 Å². The van der Waals surface area contributed by atoms with Gasteiger partial charge in [0.1, 0.15) is 5.82 Å². The fourth-order valence-corrected chi connectivity index (χ4v) is 4.03. The minimum absolute atomic E-state index is 0.0183. The van der Waals surface area contributed by atoms with Gasteiger partial charge in [0.25, 0.3) is 0 Å². The number of nitrogens with two attached hydrogens (primary N) is 1. The molecule has 0 fully saturated rings. The Balaban J connectivity index is 1.20. The Morgan fingerprint density at radius 1 is 0.897 bits per heavy atom. The van der Waals surface area contributed by atoms with Crippen LogP contribution in [-0.2, 0) is 38.6 Å². The molecule has 0 bridgehead atoms. The smallest absolute Gasteiger partial charge is 0.404 e. The molecule has 3 rings (SSSR count). The van der Waals surface area contributed by atoms with E-state index in [1.165, 1.54) is 5.39 Å². The number of aromatic nitrogens is 3. The molecule has 0 aliphatic heterocycles. The highest BCUT2D eigenvalue weighted by Gasteiger charge is 2.08. The average molecular weight is 545 g/mol. The summed E-state index contributed by atoms with van der Waals surface area (Å²) in [6.07, 6.45) is 6.96. The van der Waals surface area contributed by atoms with Crippen LogP contribution in [0.5, 0.6) is 0 Å². The normalized spacial score (nSPS) is 11.2. The molecular weight excluding hydrogens is 504 g/mol. The average Bonchev–Trinajstić information content (AvgIpc) is 3.55. The first-order valence-corrected chi connectivity index (χ1v) is 13.3. The van der Waals surface area contributed by atoms with Gasteiger partial charge in [0, 0.05) is 56.7 Å². The van der Waals surface area contributed by atoms with Crippen LogP contribution in [0.1, 0.15) is 30.7 Å². The highest BCUT2D eigenvalue weighted by atomic mass is 16.5. The van der Waals surface area contributed by atoms with E-state index in [1.807, 2.05) is 12.4 Å². The van der Waals surface area contributed by atoms with E-state index >= 15 is 0 Å². The summed E-state index contributed by atoms with van der Waals surface area (Å²) in [5, 5.41) is 14.7.